The van der Waals surface area contributed by atoms with Crippen LogP contribution in [0.15, 0.2) is 34.9 Å². The Hall–Kier alpha value is -0.780. The van der Waals surface area contributed by atoms with E-state index in [0.717, 1.165) is 0 Å². The molecule has 2 bridgehead atoms. The lowest BCUT2D eigenvalue weighted by atomic mass is 10.0. The number of allylic oxidation sites excluding steroid dienone is 6. The second kappa shape index (κ2) is 1.60. The Kier molecular flexibility index (Phi) is 0.895. The standard InChI is InChI=1S/C9H10/c1-7-4-8-2-3-9(5-7)6-8/h2,5-6H,3-4H2,1H3. The van der Waals surface area contributed by atoms with Crippen molar-refractivity contribution < 1.29 is 0 Å². The van der Waals surface area contributed by atoms with Crippen LogP contribution in [-0.4, -0.2) is 0 Å². The van der Waals surface area contributed by atoms with Gasteiger partial charge in [-0.1, -0.05) is 23.8 Å². The average molecular weight is 118 g/mol. The van der Waals surface area contributed by atoms with E-state index in [9.17, 15) is 0 Å². The van der Waals surface area contributed by atoms with E-state index >= 15 is 0 Å². The summed E-state index contributed by atoms with van der Waals surface area (Å²) in [5.41, 5.74) is 4.52. The minimum absolute atomic E-state index is 1.17. The Balaban J connectivity index is 2.42. The van der Waals surface area contributed by atoms with Crippen molar-refractivity contribution in [1.82, 2.24) is 0 Å². The number of fused-ring (bicyclic) bond motifs is 1. The molecule has 0 aromatic carbocycles. The molecule has 46 valence electrons. The van der Waals surface area contributed by atoms with Crippen molar-refractivity contribution in [2.45, 2.75) is 19.8 Å². The van der Waals surface area contributed by atoms with E-state index in [1.165, 1.54) is 29.6 Å². The van der Waals surface area contributed by atoms with E-state index in [-0.39, 0.29) is 0 Å². The van der Waals surface area contributed by atoms with E-state index in [1.807, 2.05) is 0 Å². The van der Waals surface area contributed by atoms with Gasteiger partial charge in [-0.3, -0.25) is 0 Å². The van der Waals surface area contributed by atoms with E-state index in [2.05, 4.69) is 25.2 Å². The summed E-state index contributed by atoms with van der Waals surface area (Å²) in [5, 5.41) is 0. The first kappa shape index (κ1) is 5.04. The van der Waals surface area contributed by atoms with Crippen molar-refractivity contribution in [1.29, 1.82) is 0 Å². The molecule has 0 saturated carbocycles. The fourth-order valence-electron chi connectivity index (χ4n) is 1.52. The summed E-state index contributed by atoms with van der Waals surface area (Å²) in [6.45, 7) is 2.20. The van der Waals surface area contributed by atoms with Crippen molar-refractivity contribution in [3.8, 4) is 0 Å². The minimum Gasteiger partial charge on any atom is -0.0766 e. The summed E-state index contributed by atoms with van der Waals surface area (Å²) in [6.07, 6.45) is 9.28. The number of hydrogen-bond donors (Lipinski definition) is 0. The van der Waals surface area contributed by atoms with Crippen molar-refractivity contribution in [3.05, 3.63) is 34.9 Å². The smallest absolute Gasteiger partial charge is 0.00696 e. The van der Waals surface area contributed by atoms with E-state index in [1.54, 1.807) is 0 Å². The van der Waals surface area contributed by atoms with E-state index < -0.39 is 0 Å². The highest BCUT2D eigenvalue weighted by molar-refractivity contribution is 5.46. The molecule has 0 aromatic rings. The Morgan fingerprint density at radius 1 is 1.22 bits per heavy atom. The zero-order valence-electron chi connectivity index (χ0n) is 5.65. The molecule has 0 aromatic heterocycles. The monoisotopic (exact) mass is 118 g/mol. The molecule has 0 unspecified atom stereocenters. The summed E-state index contributed by atoms with van der Waals surface area (Å²) in [7, 11) is 0. The maximum absolute atomic E-state index is 2.32. The maximum Gasteiger partial charge on any atom is -0.00696 e. The van der Waals surface area contributed by atoms with Crippen LogP contribution in [0.5, 0.6) is 0 Å². The first-order valence-electron chi connectivity index (χ1n) is 3.41. The molecule has 0 nitrogen and oxygen atoms in total. The van der Waals surface area contributed by atoms with Crippen LogP contribution < -0.4 is 0 Å². The molecule has 9 heavy (non-hydrogen) atoms. The molecule has 0 radical (unpaired) electrons. The predicted molar refractivity (Wildman–Crippen MR) is 39.2 cm³/mol. The maximum atomic E-state index is 2.32. The van der Waals surface area contributed by atoms with Gasteiger partial charge >= 0.3 is 0 Å². The van der Waals surface area contributed by atoms with E-state index in [0.29, 0.717) is 0 Å². The summed E-state index contributed by atoms with van der Waals surface area (Å²) in [4.78, 5) is 0. The predicted octanol–water partition coefficient (Wildman–Crippen LogP) is 2.59. The second-order valence-electron chi connectivity index (χ2n) is 2.87. The third-order valence-electron chi connectivity index (χ3n) is 1.89. The van der Waals surface area contributed by atoms with Gasteiger partial charge in [0.05, 0.1) is 0 Å². The normalized spacial score (nSPS) is 23.0. The van der Waals surface area contributed by atoms with Gasteiger partial charge in [0.2, 0.25) is 0 Å². The average Bonchev–Trinajstić information content (AvgIpc) is 2.11. The van der Waals surface area contributed by atoms with Crippen LogP contribution in [0.3, 0.4) is 0 Å². The van der Waals surface area contributed by atoms with Crippen LogP contribution in [0.25, 0.3) is 0 Å². The van der Waals surface area contributed by atoms with Gasteiger partial charge in [0.1, 0.15) is 0 Å². The zero-order chi connectivity index (χ0) is 6.27. The highest BCUT2D eigenvalue weighted by Crippen LogP contribution is 2.29. The highest BCUT2D eigenvalue weighted by atomic mass is 14.2. The second-order valence-corrected chi connectivity index (χ2v) is 2.87. The zero-order valence-corrected chi connectivity index (χ0v) is 5.65. The molecule has 0 aliphatic heterocycles. The summed E-state index contributed by atoms with van der Waals surface area (Å²) < 4.78 is 0. The summed E-state index contributed by atoms with van der Waals surface area (Å²) in [6, 6.07) is 0. The molecule has 2 rings (SSSR count). The van der Waals surface area contributed by atoms with Crippen LogP contribution in [-0.2, 0) is 0 Å². The Labute approximate surface area is 55.6 Å². The van der Waals surface area contributed by atoms with Crippen molar-refractivity contribution in [2.75, 3.05) is 0 Å². The first-order chi connectivity index (χ1) is 4.34. The molecule has 0 heterocycles. The Morgan fingerprint density at radius 3 is 2.89 bits per heavy atom. The molecule has 0 heteroatoms. The topological polar surface area (TPSA) is 0 Å². The third-order valence-corrected chi connectivity index (χ3v) is 1.89. The number of hydrogen-bond acceptors (Lipinski definition) is 0. The summed E-state index contributed by atoms with van der Waals surface area (Å²) in [5.74, 6) is 0. The quantitative estimate of drug-likeness (QED) is 0.458. The molecule has 0 amide bonds. The van der Waals surface area contributed by atoms with Crippen LogP contribution >= 0.6 is 0 Å². The van der Waals surface area contributed by atoms with Gasteiger partial charge in [0.25, 0.3) is 0 Å². The van der Waals surface area contributed by atoms with Crippen molar-refractivity contribution in [2.24, 2.45) is 0 Å². The van der Waals surface area contributed by atoms with Gasteiger partial charge in [-0.25, -0.2) is 0 Å². The molecule has 0 spiro atoms. The van der Waals surface area contributed by atoms with Gasteiger partial charge in [-0.2, -0.15) is 0 Å². The molecule has 0 saturated heterocycles. The van der Waals surface area contributed by atoms with Crippen LogP contribution in [0.2, 0.25) is 0 Å². The molecule has 0 atom stereocenters. The summed E-state index contributed by atoms with van der Waals surface area (Å²) >= 11 is 0. The minimum atomic E-state index is 1.17. The molecular formula is C9H10. The largest absolute Gasteiger partial charge is 0.0766 e. The fraction of sp³-hybridized carbons (Fsp3) is 0.333. The van der Waals surface area contributed by atoms with Crippen LogP contribution in [0, 0.1) is 0 Å². The first-order valence-corrected chi connectivity index (χ1v) is 3.41. The van der Waals surface area contributed by atoms with Crippen LogP contribution in [0.4, 0.5) is 0 Å². The number of rotatable bonds is 0. The lowest BCUT2D eigenvalue weighted by Gasteiger charge is -2.04. The lowest BCUT2D eigenvalue weighted by Crippen LogP contribution is -1.84. The Bertz CT molecular complexity index is 226. The van der Waals surface area contributed by atoms with Gasteiger partial charge < -0.3 is 0 Å². The van der Waals surface area contributed by atoms with Crippen molar-refractivity contribution in [3.63, 3.8) is 0 Å². The van der Waals surface area contributed by atoms with Crippen LogP contribution in [0.1, 0.15) is 19.8 Å². The van der Waals surface area contributed by atoms with Gasteiger partial charge in [0, 0.05) is 0 Å². The SMILES string of the molecule is CC1=CC2=CC(=CC2)C1. The van der Waals surface area contributed by atoms with Crippen molar-refractivity contribution >= 4 is 0 Å². The van der Waals surface area contributed by atoms with Gasteiger partial charge in [-0.05, 0) is 30.9 Å². The lowest BCUT2D eigenvalue weighted by molar-refractivity contribution is 1.14. The van der Waals surface area contributed by atoms with E-state index in [4.69, 9.17) is 0 Å². The molecular weight excluding hydrogens is 108 g/mol. The highest BCUT2D eigenvalue weighted by Gasteiger charge is 2.09. The Morgan fingerprint density at radius 2 is 2.11 bits per heavy atom. The van der Waals surface area contributed by atoms with Gasteiger partial charge in [-0.15, -0.1) is 0 Å². The molecule has 0 fully saturated rings. The molecule has 2 aliphatic rings. The molecule has 0 N–H and O–H groups in total. The van der Waals surface area contributed by atoms with Gasteiger partial charge in [0.15, 0.2) is 0 Å². The molecule has 2 aliphatic carbocycles. The fourth-order valence-corrected chi connectivity index (χ4v) is 1.52. The third kappa shape index (κ3) is 0.748.